The maximum absolute atomic E-state index is 12.7. The summed E-state index contributed by atoms with van der Waals surface area (Å²) < 4.78 is 0. The van der Waals surface area contributed by atoms with Crippen molar-refractivity contribution in [1.29, 1.82) is 0 Å². The van der Waals surface area contributed by atoms with Gasteiger partial charge in [-0.25, -0.2) is 4.98 Å². The number of hydrogen-bond acceptors (Lipinski definition) is 4. The summed E-state index contributed by atoms with van der Waals surface area (Å²) in [6.45, 7) is 11.8. The normalized spacial score (nSPS) is 26.6. The van der Waals surface area contributed by atoms with Crippen molar-refractivity contribution in [2.75, 3.05) is 26.2 Å². The molecule has 1 N–H and O–H groups in total. The Hall–Kier alpha value is -1.69. The summed E-state index contributed by atoms with van der Waals surface area (Å²) in [6.07, 6.45) is 6.28. The maximum atomic E-state index is 12.7. The number of aromatic amines is 1. The van der Waals surface area contributed by atoms with Crippen LogP contribution in [0, 0.1) is 0 Å². The second-order valence-corrected chi connectivity index (χ2v) is 10.1. The lowest BCUT2D eigenvalue weighted by Crippen LogP contribution is -2.53. The average Bonchev–Trinajstić information content (AvgIpc) is 3.00. The Balaban J connectivity index is 1.58. The smallest absolute Gasteiger partial charge is 0.254 e. The Kier molecular flexibility index (Phi) is 4.89. The van der Waals surface area contributed by atoms with Gasteiger partial charge in [0.15, 0.2) is 0 Å². The summed E-state index contributed by atoms with van der Waals surface area (Å²) in [6, 6.07) is 0.543. The molecule has 0 saturated carbocycles. The summed E-state index contributed by atoms with van der Waals surface area (Å²) >= 11 is 0. The number of carbonyl (C=O) groups excluding carboxylic acids is 1. The summed E-state index contributed by atoms with van der Waals surface area (Å²) in [5.41, 5.74) is 1.93. The van der Waals surface area contributed by atoms with Crippen LogP contribution in [0.25, 0.3) is 0 Å². The number of amides is 1. The Morgan fingerprint density at radius 3 is 2.54 bits per heavy atom. The molecule has 2 aliphatic heterocycles. The SMILES string of the molecule is CC(=O)N1CCC(N2CCCC3(CCc4c3nc(C(C)(C)C)[nH]c4=O)C2)CC1. The van der Waals surface area contributed by atoms with E-state index in [0.29, 0.717) is 6.04 Å². The van der Waals surface area contributed by atoms with Crippen LogP contribution in [0.4, 0.5) is 0 Å². The van der Waals surface area contributed by atoms with Gasteiger partial charge in [-0.05, 0) is 45.1 Å². The molecule has 28 heavy (non-hydrogen) atoms. The second-order valence-electron chi connectivity index (χ2n) is 10.1. The van der Waals surface area contributed by atoms with Crippen LogP contribution in [0.15, 0.2) is 4.79 Å². The highest BCUT2D eigenvalue weighted by molar-refractivity contribution is 5.73. The van der Waals surface area contributed by atoms with Crippen LogP contribution in [0.3, 0.4) is 0 Å². The number of aromatic nitrogens is 2. The molecule has 154 valence electrons. The summed E-state index contributed by atoms with van der Waals surface area (Å²) in [5.74, 6) is 1.00. The number of H-pyrrole nitrogens is 1. The van der Waals surface area contributed by atoms with Crippen molar-refractivity contribution < 1.29 is 4.79 Å². The van der Waals surface area contributed by atoms with Gasteiger partial charge in [0.25, 0.3) is 5.56 Å². The highest BCUT2D eigenvalue weighted by atomic mass is 16.2. The number of nitrogens with zero attached hydrogens (tertiary/aromatic N) is 3. The molecule has 1 aliphatic carbocycles. The van der Waals surface area contributed by atoms with E-state index in [-0.39, 0.29) is 22.3 Å². The predicted molar refractivity (Wildman–Crippen MR) is 110 cm³/mol. The van der Waals surface area contributed by atoms with Gasteiger partial charge >= 0.3 is 0 Å². The Labute approximate surface area is 167 Å². The van der Waals surface area contributed by atoms with E-state index in [9.17, 15) is 9.59 Å². The minimum atomic E-state index is -0.161. The number of nitrogens with one attached hydrogen (secondary N) is 1. The minimum Gasteiger partial charge on any atom is -0.343 e. The van der Waals surface area contributed by atoms with E-state index in [4.69, 9.17) is 4.98 Å². The molecule has 1 unspecified atom stereocenters. The first-order valence-corrected chi connectivity index (χ1v) is 10.8. The lowest BCUT2D eigenvalue weighted by molar-refractivity contribution is -0.130. The van der Waals surface area contributed by atoms with Crippen molar-refractivity contribution in [2.45, 2.75) is 83.1 Å². The standard InChI is InChI=1S/C22H34N4O2/c1-15(27)25-12-7-16(8-13-25)26-11-5-9-22(14-26)10-6-17-18(22)23-20(21(2,3)4)24-19(17)28/h16H,5-14H2,1-4H3,(H,23,24,28). The maximum Gasteiger partial charge on any atom is 0.254 e. The fourth-order valence-electron chi connectivity index (χ4n) is 5.43. The lowest BCUT2D eigenvalue weighted by Gasteiger charge is -2.46. The molecule has 3 aliphatic rings. The molecule has 2 fully saturated rings. The Morgan fingerprint density at radius 1 is 1.18 bits per heavy atom. The van der Waals surface area contributed by atoms with Gasteiger partial charge in [0.1, 0.15) is 5.82 Å². The minimum absolute atomic E-state index is 0.0273. The van der Waals surface area contributed by atoms with E-state index in [1.165, 1.54) is 0 Å². The fraction of sp³-hybridized carbons (Fsp3) is 0.773. The Bertz CT molecular complexity index is 817. The van der Waals surface area contributed by atoms with Crippen molar-refractivity contribution >= 4 is 5.91 Å². The Morgan fingerprint density at radius 2 is 1.89 bits per heavy atom. The topological polar surface area (TPSA) is 69.3 Å². The molecular formula is C22H34N4O2. The number of carbonyl (C=O) groups is 1. The van der Waals surface area contributed by atoms with Gasteiger partial charge in [-0.3, -0.25) is 14.5 Å². The van der Waals surface area contributed by atoms with E-state index in [0.717, 1.165) is 81.8 Å². The molecule has 4 rings (SSSR count). The second kappa shape index (κ2) is 6.97. The van der Waals surface area contributed by atoms with Crippen LogP contribution in [-0.2, 0) is 22.0 Å². The molecule has 1 spiro atoms. The fourth-order valence-corrected chi connectivity index (χ4v) is 5.43. The van der Waals surface area contributed by atoms with E-state index in [1.807, 2.05) is 4.90 Å². The van der Waals surface area contributed by atoms with Gasteiger partial charge < -0.3 is 9.88 Å². The van der Waals surface area contributed by atoms with Gasteiger partial charge in [0.2, 0.25) is 5.91 Å². The zero-order chi connectivity index (χ0) is 20.1. The molecule has 2 saturated heterocycles. The molecule has 1 atom stereocenters. The molecule has 0 bridgehead atoms. The van der Waals surface area contributed by atoms with Crippen LogP contribution in [0.1, 0.15) is 76.9 Å². The first-order chi connectivity index (χ1) is 13.2. The number of fused-ring (bicyclic) bond motifs is 2. The number of piperidine rings is 2. The quantitative estimate of drug-likeness (QED) is 0.804. The molecule has 0 radical (unpaired) electrons. The van der Waals surface area contributed by atoms with Crippen LogP contribution >= 0.6 is 0 Å². The molecule has 1 aromatic rings. The highest BCUT2D eigenvalue weighted by Crippen LogP contribution is 2.44. The zero-order valence-electron chi connectivity index (χ0n) is 17.8. The van der Waals surface area contributed by atoms with Gasteiger partial charge in [-0.15, -0.1) is 0 Å². The van der Waals surface area contributed by atoms with Gasteiger partial charge in [-0.1, -0.05) is 20.8 Å². The number of rotatable bonds is 1. The third-order valence-electron chi connectivity index (χ3n) is 7.11. The summed E-state index contributed by atoms with van der Waals surface area (Å²) in [4.78, 5) is 37.1. The first kappa shape index (κ1) is 19.6. The van der Waals surface area contributed by atoms with Crippen molar-refractivity contribution in [2.24, 2.45) is 0 Å². The first-order valence-electron chi connectivity index (χ1n) is 10.8. The van der Waals surface area contributed by atoms with E-state index >= 15 is 0 Å². The largest absolute Gasteiger partial charge is 0.343 e. The average molecular weight is 387 g/mol. The third kappa shape index (κ3) is 3.40. The molecular weight excluding hydrogens is 352 g/mol. The van der Waals surface area contributed by atoms with Gasteiger partial charge in [0, 0.05) is 49.0 Å². The zero-order valence-corrected chi connectivity index (χ0v) is 17.8. The highest BCUT2D eigenvalue weighted by Gasteiger charge is 2.46. The van der Waals surface area contributed by atoms with E-state index < -0.39 is 0 Å². The van der Waals surface area contributed by atoms with Crippen molar-refractivity contribution in [1.82, 2.24) is 19.8 Å². The predicted octanol–water partition coefficient (Wildman–Crippen LogP) is 2.36. The molecule has 6 nitrogen and oxygen atoms in total. The van der Waals surface area contributed by atoms with Crippen LogP contribution < -0.4 is 5.56 Å². The van der Waals surface area contributed by atoms with Crippen molar-refractivity contribution in [3.05, 3.63) is 27.4 Å². The van der Waals surface area contributed by atoms with Gasteiger partial charge in [0.05, 0.1) is 5.69 Å². The van der Waals surface area contributed by atoms with Crippen LogP contribution in [0.5, 0.6) is 0 Å². The molecule has 1 amide bonds. The lowest BCUT2D eigenvalue weighted by atomic mass is 9.76. The third-order valence-corrected chi connectivity index (χ3v) is 7.11. The number of hydrogen-bond donors (Lipinski definition) is 1. The molecule has 0 aromatic carbocycles. The summed E-state index contributed by atoms with van der Waals surface area (Å²) in [7, 11) is 0. The number of likely N-dealkylation sites (tertiary alicyclic amines) is 2. The molecule has 3 heterocycles. The van der Waals surface area contributed by atoms with Gasteiger partial charge in [-0.2, -0.15) is 0 Å². The van der Waals surface area contributed by atoms with E-state index in [1.54, 1.807) is 6.92 Å². The van der Waals surface area contributed by atoms with Crippen molar-refractivity contribution in [3.63, 3.8) is 0 Å². The molecule has 6 heteroatoms. The monoisotopic (exact) mass is 386 g/mol. The van der Waals surface area contributed by atoms with Crippen LogP contribution in [-0.4, -0.2) is 57.9 Å². The van der Waals surface area contributed by atoms with Crippen molar-refractivity contribution in [3.8, 4) is 0 Å². The van der Waals surface area contributed by atoms with E-state index in [2.05, 4.69) is 30.7 Å². The van der Waals surface area contributed by atoms with Crippen LogP contribution in [0.2, 0.25) is 0 Å². The summed E-state index contributed by atoms with van der Waals surface area (Å²) in [5, 5.41) is 0. The molecule has 1 aromatic heterocycles.